The van der Waals surface area contributed by atoms with Crippen molar-refractivity contribution in [3.63, 3.8) is 0 Å². The van der Waals surface area contributed by atoms with Crippen LogP contribution in [-0.2, 0) is 9.59 Å². The molecule has 1 aliphatic heterocycles. The summed E-state index contributed by atoms with van der Waals surface area (Å²) >= 11 is 5.53. The van der Waals surface area contributed by atoms with Crippen LogP contribution in [-0.4, -0.2) is 21.8 Å². The molecule has 0 radical (unpaired) electrons. The van der Waals surface area contributed by atoms with E-state index in [1.165, 1.54) is 12.4 Å². The number of rotatable bonds is 1. The van der Waals surface area contributed by atoms with Crippen molar-refractivity contribution in [1.82, 2.24) is 15.3 Å². The van der Waals surface area contributed by atoms with Crippen molar-refractivity contribution in [3.05, 3.63) is 23.2 Å². The Morgan fingerprint density at radius 3 is 2.60 bits per heavy atom. The summed E-state index contributed by atoms with van der Waals surface area (Å²) in [6, 6.07) is 0. The molecule has 2 amide bonds. The molecule has 6 heteroatoms. The number of amides is 2. The maximum atomic E-state index is 11.5. The Kier molecular flexibility index (Phi) is 2.64. The SMILES string of the molecule is O=C1CCC(c2cnc(Cl)nc2)C(=O)N1. The van der Waals surface area contributed by atoms with Crippen molar-refractivity contribution in [2.45, 2.75) is 18.8 Å². The van der Waals surface area contributed by atoms with E-state index in [1.807, 2.05) is 0 Å². The smallest absolute Gasteiger partial charge is 0.234 e. The molecule has 1 fully saturated rings. The fourth-order valence-electron chi connectivity index (χ4n) is 1.51. The van der Waals surface area contributed by atoms with Crippen LogP contribution < -0.4 is 5.32 Å². The highest BCUT2D eigenvalue weighted by atomic mass is 35.5. The van der Waals surface area contributed by atoms with Crippen LogP contribution in [0.25, 0.3) is 0 Å². The number of imide groups is 1. The van der Waals surface area contributed by atoms with E-state index in [-0.39, 0.29) is 23.0 Å². The average molecular weight is 226 g/mol. The number of nitrogens with one attached hydrogen (secondary N) is 1. The summed E-state index contributed by atoms with van der Waals surface area (Å²) in [5, 5.41) is 2.42. The van der Waals surface area contributed by atoms with Gasteiger partial charge in [-0.15, -0.1) is 0 Å². The van der Waals surface area contributed by atoms with Gasteiger partial charge in [0.25, 0.3) is 0 Å². The molecule has 2 rings (SSSR count). The summed E-state index contributed by atoms with van der Waals surface area (Å²) in [6.45, 7) is 0. The minimum atomic E-state index is -0.347. The van der Waals surface area contributed by atoms with Crippen LogP contribution in [0.1, 0.15) is 24.3 Å². The number of nitrogens with zero attached hydrogens (tertiary/aromatic N) is 2. The Hall–Kier alpha value is -1.49. The first-order valence-electron chi connectivity index (χ1n) is 4.48. The molecule has 0 spiro atoms. The van der Waals surface area contributed by atoms with Gasteiger partial charge < -0.3 is 0 Å². The minimum Gasteiger partial charge on any atom is -0.296 e. The zero-order valence-corrected chi connectivity index (χ0v) is 8.49. The zero-order chi connectivity index (χ0) is 10.8. The summed E-state index contributed by atoms with van der Waals surface area (Å²) in [6.07, 6.45) is 3.86. The third-order valence-corrected chi connectivity index (χ3v) is 2.48. The van der Waals surface area contributed by atoms with Crippen LogP contribution >= 0.6 is 11.6 Å². The van der Waals surface area contributed by atoms with Gasteiger partial charge >= 0.3 is 0 Å². The summed E-state index contributed by atoms with van der Waals surface area (Å²) in [7, 11) is 0. The summed E-state index contributed by atoms with van der Waals surface area (Å²) in [5.74, 6) is -0.872. The second-order valence-corrected chi connectivity index (χ2v) is 3.63. The van der Waals surface area contributed by atoms with Crippen molar-refractivity contribution >= 4 is 23.4 Å². The lowest BCUT2D eigenvalue weighted by Crippen LogP contribution is -2.39. The first-order chi connectivity index (χ1) is 7.16. The number of carbonyl (C=O) groups is 2. The van der Waals surface area contributed by atoms with Gasteiger partial charge in [0.2, 0.25) is 17.1 Å². The quantitative estimate of drug-likeness (QED) is 0.563. The lowest BCUT2D eigenvalue weighted by Gasteiger charge is -2.20. The van der Waals surface area contributed by atoms with Crippen LogP contribution in [0, 0.1) is 0 Å². The summed E-state index contributed by atoms with van der Waals surface area (Å²) < 4.78 is 0. The van der Waals surface area contributed by atoms with Crippen LogP contribution in [0.15, 0.2) is 12.4 Å². The highest BCUT2D eigenvalue weighted by molar-refractivity contribution is 6.28. The number of carbonyl (C=O) groups excluding carboxylic acids is 2. The molecule has 78 valence electrons. The fraction of sp³-hybridized carbons (Fsp3) is 0.333. The van der Waals surface area contributed by atoms with Crippen LogP contribution in [0.4, 0.5) is 0 Å². The molecule has 0 aliphatic carbocycles. The molecule has 1 aliphatic rings. The van der Waals surface area contributed by atoms with E-state index in [2.05, 4.69) is 15.3 Å². The van der Waals surface area contributed by atoms with Crippen LogP contribution in [0.2, 0.25) is 5.28 Å². The molecule has 1 saturated heterocycles. The Labute approximate surface area is 90.9 Å². The van der Waals surface area contributed by atoms with Gasteiger partial charge in [-0.3, -0.25) is 14.9 Å². The fourth-order valence-corrected chi connectivity index (χ4v) is 1.61. The van der Waals surface area contributed by atoms with E-state index < -0.39 is 0 Å². The molecule has 1 N–H and O–H groups in total. The number of halogens is 1. The van der Waals surface area contributed by atoms with Gasteiger partial charge in [0.1, 0.15) is 0 Å². The molecule has 1 unspecified atom stereocenters. The first kappa shape index (κ1) is 10.0. The molecule has 1 aromatic rings. The van der Waals surface area contributed by atoms with E-state index in [0.717, 1.165) is 0 Å². The predicted octanol–water partition coefficient (Wildman–Crippen LogP) is 0.650. The van der Waals surface area contributed by atoms with E-state index in [1.54, 1.807) is 0 Å². The standard InChI is InChI=1S/C9H8ClN3O2/c10-9-11-3-5(4-12-9)6-1-2-7(14)13-8(6)15/h3-4,6H,1-2H2,(H,13,14,15). The van der Waals surface area contributed by atoms with Gasteiger partial charge in [-0.25, -0.2) is 9.97 Å². The monoisotopic (exact) mass is 225 g/mol. The van der Waals surface area contributed by atoms with Crippen molar-refractivity contribution in [3.8, 4) is 0 Å². The lowest BCUT2D eigenvalue weighted by atomic mass is 9.93. The van der Waals surface area contributed by atoms with Crippen molar-refractivity contribution in [2.75, 3.05) is 0 Å². The molecule has 5 nitrogen and oxygen atoms in total. The molecule has 0 saturated carbocycles. The number of hydrogen-bond donors (Lipinski definition) is 1. The molecule has 0 bridgehead atoms. The molecule has 1 atom stereocenters. The highest BCUT2D eigenvalue weighted by Gasteiger charge is 2.28. The normalized spacial score (nSPS) is 21.3. The summed E-state index contributed by atoms with van der Waals surface area (Å²) in [4.78, 5) is 30.0. The number of piperidine rings is 1. The lowest BCUT2D eigenvalue weighted by molar-refractivity contribution is -0.134. The van der Waals surface area contributed by atoms with E-state index in [4.69, 9.17) is 11.6 Å². The largest absolute Gasteiger partial charge is 0.296 e. The van der Waals surface area contributed by atoms with Crippen LogP contribution in [0.5, 0.6) is 0 Å². The molecule has 15 heavy (non-hydrogen) atoms. The third-order valence-electron chi connectivity index (χ3n) is 2.28. The minimum absolute atomic E-state index is 0.144. The van der Waals surface area contributed by atoms with Gasteiger partial charge in [0.05, 0.1) is 5.92 Å². The van der Waals surface area contributed by atoms with E-state index >= 15 is 0 Å². The van der Waals surface area contributed by atoms with Crippen molar-refractivity contribution in [2.24, 2.45) is 0 Å². The Morgan fingerprint density at radius 1 is 1.33 bits per heavy atom. The van der Waals surface area contributed by atoms with Gasteiger partial charge in [-0.2, -0.15) is 0 Å². The van der Waals surface area contributed by atoms with Gasteiger partial charge in [-0.05, 0) is 18.0 Å². The van der Waals surface area contributed by atoms with E-state index in [9.17, 15) is 9.59 Å². The second kappa shape index (κ2) is 3.94. The summed E-state index contributed by atoms with van der Waals surface area (Å²) in [5.41, 5.74) is 0.685. The van der Waals surface area contributed by atoms with Crippen molar-refractivity contribution < 1.29 is 9.59 Å². The molecular weight excluding hydrogens is 218 g/mol. The molecule has 2 heterocycles. The topological polar surface area (TPSA) is 72.0 Å². The first-order valence-corrected chi connectivity index (χ1v) is 4.86. The maximum Gasteiger partial charge on any atom is 0.234 e. The van der Waals surface area contributed by atoms with Gasteiger partial charge in [-0.1, -0.05) is 0 Å². The second-order valence-electron chi connectivity index (χ2n) is 3.29. The van der Waals surface area contributed by atoms with E-state index in [0.29, 0.717) is 18.4 Å². The maximum absolute atomic E-state index is 11.5. The molecule has 0 aromatic carbocycles. The zero-order valence-electron chi connectivity index (χ0n) is 7.74. The number of hydrogen-bond acceptors (Lipinski definition) is 4. The highest BCUT2D eigenvalue weighted by Crippen LogP contribution is 2.23. The Morgan fingerprint density at radius 2 is 2.00 bits per heavy atom. The Bertz CT molecular complexity index is 404. The third kappa shape index (κ3) is 2.12. The molecular formula is C9H8ClN3O2. The van der Waals surface area contributed by atoms with Gasteiger partial charge in [0.15, 0.2) is 0 Å². The molecule has 1 aromatic heterocycles. The Balaban J connectivity index is 2.20. The number of aromatic nitrogens is 2. The predicted molar refractivity (Wildman–Crippen MR) is 52.2 cm³/mol. The van der Waals surface area contributed by atoms with Crippen molar-refractivity contribution in [1.29, 1.82) is 0 Å². The van der Waals surface area contributed by atoms with Gasteiger partial charge in [0, 0.05) is 24.4 Å². The van der Waals surface area contributed by atoms with Crippen LogP contribution in [0.3, 0.4) is 0 Å². The average Bonchev–Trinajstić information content (AvgIpc) is 2.20.